The Morgan fingerprint density at radius 2 is 2.17 bits per heavy atom. The standard InChI is InChI=1S/C13H14BrFN2S/c1-8-2-5-13(18-8)12(17-16)7-9-3-4-11(15)10(14)6-9/h2-6,12,17H,7,16H2,1H3. The van der Waals surface area contributed by atoms with Crippen LogP contribution >= 0.6 is 27.3 Å². The minimum Gasteiger partial charge on any atom is -0.271 e. The average Bonchev–Trinajstić information content (AvgIpc) is 2.77. The van der Waals surface area contributed by atoms with Crippen molar-refractivity contribution in [2.75, 3.05) is 0 Å². The first-order valence-electron chi connectivity index (χ1n) is 5.56. The second-order valence-electron chi connectivity index (χ2n) is 4.12. The Bertz CT molecular complexity index is 542. The molecule has 18 heavy (non-hydrogen) atoms. The number of benzene rings is 1. The van der Waals surface area contributed by atoms with Crippen molar-refractivity contribution in [2.24, 2.45) is 5.84 Å². The van der Waals surface area contributed by atoms with Crippen LogP contribution in [0.15, 0.2) is 34.8 Å². The summed E-state index contributed by atoms with van der Waals surface area (Å²) < 4.78 is 13.6. The van der Waals surface area contributed by atoms with Crippen LogP contribution in [0.4, 0.5) is 4.39 Å². The monoisotopic (exact) mass is 328 g/mol. The maximum absolute atomic E-state index is 13.2. The Morgan fingerprint density at radius 3 is 2.72 bits per heavy atom. The summed E-state index contributed by atoms with van der Waals surface area (Å²) in [5.41, 5.74) is 3.85. The fourth-order valence-corrected chi connectivity index (χ4v) is 3.15. The van der Waals surface area contributed by atoms with Crippen LogP contribution in [-0.4, -0.2) is 0 Å². The third-order valence-corrected chi connectivity index (χ3v) is 4.45. The lowest BCUT2D eigenvalue weighted by molar-refractivity contribution is 0.559. The van der Waals surface area contributed by atoms with Gasteiger partial charge in [-0.2, -0.15) is 0 Å². The Kier molecular flexibility index (Phi) is 4.50. The molecule has 0 bridgehead atoms. The average molecular weight is 329 g/mol. The number of hydrogen-bond donors (Lipinski definition) is 2. The largest absolute Gasteiger partial charge is 0.271 e. The minimum absolute atomic E-state index is 0.0565. The first-order valence-corrected chi connectivity index (χ1v) is 7.17. The Hall–Kier alpha value is -0.750. The van der Waals surface area contributed by atoms with E-state index in [4.69, 9.17) is 5.84 Å². The summed E-state index contributed by atoms with van der Waals surface area (Å²) in [6.45, 7) is 2.07. The number of thiophene rings is 1. The van der Waals surface area contributed by atoms with Gasteiger partial charge in [-0.3, -0.25) is 11.3 Å². The predicted molar refractivity (Wildman–Crippen MR) is 76.9 cm³/mol. The highest BCUT2D eigenvalue weighted by molar-refractivity contribution is 9.10. The topological polar surface area (TPSA) is 38.0 Å². The molecule has 0 aliphatic rings. The number of nitrogens with two attached hydrogens (primary N) is 1. The molecule has 0 spiro atoms. The Morgan fingerprint density at radius 1 is 1.39 bits per heavy atom. The molecule has 0 saturated carbocycles. The summed E-state index contributed by atoms with van der Waals surface area (Å²) in [6, 6.07) is 9.24. The van der Waals surface area contributed by atoms with Gasteiger partial charge in [0.25, 0.3) is 0 Å². The molecule has 1 aromatic carbocycles. The maximum Gasteiger partial charge on any atom is 0.137 e. The van der Waals surface area contributed by atoms with E-state index in [-0.39, 0.29) is 11.9 Å². The lowest BCUT2D eigenvalue weighted by Gasteiger charge is -2.14. The highest BCUT2D eigenvalue weighted by Crippen LogP contribution is 2.26. The summed E-state index contributed by atoms with van der Waals surface area (Å²) >= 11 is 4.91. The van der Waals surface area contributed by atoms with Crippen LogP contribution in [0.3, 0.4) is 0 Å². The van der Waals surface area contributed by atoms with Gasteiger partial charge in [0.15, 0.2) is 0 Å². The van der Waals surface area contributed by atoms with Crippen LogP contribution < -0.4 is 11.3 Å². The van der Waals surface area contributed by atoms with Crippen molar-refractivity contribution in [1.82, 2.24) is 5.43 Å². The molecule has 1 unspecified atom stereocenters. The zero-order valence-electron chi connectivity index (χ0n) is 9.91. The van der Waals surface area contributed by atoms with Gasteiger partial charge in [-0.25, -0.2) is 4.39 Å². The highest BCUT2D eigenvalue weighted by Gasteiger charge is 2.13. The number of halogens is 2. The van der Waals surface area contributed by atoms with E-state index in [2.05, 4.69) is 40.4 Å². The molecule has 0 radical (unpaired) electrons. The smallest absolute Gasteiger partial charge is 0.137 e. The van der Waals surface area contributed by atoms with Gasteiger partial charge in [-0.05, 0) is 59.1 Å². The van der Waals surface area contributed by atoms with Crippen molar-refractivity contribution in [3.8, 4) is 0 Å². The molecule has 2 nitrogen and oxygen atoms in total. The normalized spacial score (nSPS) is 12.7. The van der Waals surface area contributed by atoms with Crippen molar-refractivity contribution >= 4 is 27.3 Å². The summed E-state index contributed by atoms with van der Waals surface area (Å²) in [4.78, 5) is 2.45. The van der Waals surface area contributed by atoms with E-state index in [1.54, 1.807) is 23.5 Å². The van der Waals surface area contributed by atoms with Gasteiger partial charge in [0.1, 0.15) is 5.82 Å². The van der Waals surface area contributed by atoms with Gasteiger partial charge in [0, 0.05) is 9.75 Å². The van der Waals surface area contributed by atoms with E-state index in [9.17, 15) is 4.39 Å². The maximum atomic E-state index is 13.2. The van der Waals surface area contributed by atoms with Gasteiger partial charge < -0.3 is 0 Å². The molecule has 0 saturated heterocycles. The molecule has 2 aromatic rings. The van der Waals surface area contributed by atoms with Crippen LogP contribution in [0.25, 0.3) is 0 Å². The fraction of sp³-hybridized carbons (Fsp3) is 0.231. The minimum atomic E-state index is -0.247. The number of nitrogens with one attached hydrogen (secondary N) is 1. The molecule has 3 N–H and O–H groups in total. The van der Waals surface area contributed by atoms with Gasteiger partial charge in [0.05, 0.1) is 10.5 Å². The van der Waals surface area contributed by atoms with Crippen LogP contribution in [0.2, 0.25) is 0 Å². The lowest BCUT2D eigenvalue weighted by Crippen LogP contribution is -2.28. The summed E-state index contributed by atoms with van der Waals surface area (Å²) in [5.74, 6) is 5.35. The van der Waals surface area contributed by atoms with E-state index in [0.717, 1.165) is 12.0 Å². The van der Waals surface area contributed by atoms with Crippen molar-refractivity contribution in [3.63, 3.8) is 0 Å². The van der Waals surface area contributed by atoms with Crippen molar-refractivity contribution in [1.29, 1.82) is 0 Å². The molecule has 96 valence electrons. The number of hydrazine groups is 1. The number of hydrogen-bond acceptors (Lipinski definition) is 3. The van der Waals surface area contributed by atoms with Crippen molar-refractivity contribution < 1.29 is 4.39 Å². The predicted octanol–water partition coefficient (Wildman–Crippen LogP) is 3.71. The van der Waals surface area contributed by atoms with E-state index in [1.807, 2.05) is 0 Å². The molecule has 1 aromatic heterocycles. The van der Waals surface area contributed by atoms with Crippen molar-refractivity contribution in [3.05, 3.63) is 55.9 Å². The van der Waals surface area contributed by atoms with Gasteiger partial charge in [-0.15, -0.1) is 11.3 Å². The first-order chi connectivity index (χ1) is 8.60. The molecule has 1 heterocycles. The van der Waals surface area contributed by atoms with E-state index >= 15 is 0 Å². The second-order valence-corrected chi connectivity index (χ2v) is 6.29. The molecule has 5 heteroatoms. The third-order valence-electron chi connectivity index (χ3n) is 2.73. The van der Waals surface area contributed by atoms with Crippen LogP contribution in [-0.2, 0) is 6.42 Å². The molecule has 0 aliphatic carbocycles. The van der Waals surface area contributed by atoms with Gasteiger partial charge >= 0.3 is 0 Å². The summed E-state index contributed by atoms with van der Waals surface area (Å²) in [7, 11) is 0. The first kappa shape index (κ1) is 13.7. The molecule has 2 rings (SSSR count). The van der Waals surface area contributed by atoms with E-state index in [0.29, 0.717) is 4.47 Å². The van der Waals surface area contributed by atoms with E-state index < -0.39 is 0 Å². The second kappa shape index (κ2) is 5.93. The molecule has 0 amide bonds. The number of rotatable bonds is 4. The quantitative estimate of drug-likeness (QED) is 0.663. The van der Waals surface area contributed by atoms with Gasteiger partial charge in [-0.1, -0.05) is 6.07 Å². The highest BCUT2D eigenvalue weighted by atomic mass is 79.9. The Balaban J connectivity index is 2.17. The molecule has 1 atom stereocenters. The fourth-order valence-electron chi connectivity index (χ4n) is 1.78. The van der Waals surface area contributed by atoms with Crippen LogP contribution in [0, 0.1) is 12.7 Å². The van der Waals surface area contributed by atoms with E-state index in [1.165, 1.54) is 15.8 Å². The van der Waals surface area contributed by atoms with Crippen LogP contribution in [0.5, 0.6) is 0 Å². The molecule has 0 aliphatic heterocycles. The molecule has 0 fully saturated rings. The Labute approximate surface area is 118 Å². The van der Waals surface area contributed by atoms with Crippen molar-refractivity contribution in [2.45, 2.75) is 19.4 Å². The third kappa shape index (κ3) is 3.17. The zero-order chi connectivity index (χ0) is 13.1. The SMILES string of the molecule is Cc1ccc(C(Cc2ccc(F)c(Br)c2)NN)s1. The van der Waals surface area contributed by atoms with Crippen LogP contribution in [0.1, 0.15) is 21.4 Å². The summed E-state index contributed by atoms with van der Waals surface area (Å²) in [6.07, 6.45) is 0.731. The number of aryl methyl sites for hydroxylation is 1. The molecular weight excluding hydrogens is 315 g/mol. The van der Waals surface area contributed by atoms with Gasteiger partial charge in [0.2, 0.25) is 0 Å². The zero-order valence-corrected chi connectivity index (χ0v) is 12.3. The summed E-state index contributed by atoms with van der Waals surface area (Å²) in [5, 5.41) is 0. The molecular formula is C13H14BrFN2S. The lowest BCUT2D eigenvalue weighted by atomic mass is 10.1.